The predicted molar refractivity (Wildman–Crippen MR) is 134 cm³/mol. The average Bonchev–Trinajstić information content (AvgIpc) is 3.50. The number of hydrogen-bond acceptors (Lipinski definition) is 3. The minimum Gasteiger partial charge on any atom is -0.361 e. The number of aromatic amines is 1. The van der Waals surface area contributed by atoms with Crippen LogP contribution in [0.2, 0.25) is 0 Å². The molecule has 0 aliphatic carbocycles. The molecule has 1 fully saturated rings. The molecule has 1 aliphatic heterocycles. The number of aryl methyl sites for hydroxylation is 1. The third-order valence-corrected chi connectivity index (χ3v) is 7.73. The molecule has 0 atom stereocenters. The van der Waals surface area contributed by atoms with Crippen molar-refractivity contribution in [3.05, 3.63) is 82.6 Å². The summed E-state index contributed by atoms with van der Waals surface area (Å²) in [6.45, 7) is 5.22. The first-order valence-electron chi connectivity index (χ1n) is 11.5. The van der Waals surface area contributed by atoms with Gasteiger partial charge in [0.2, 0.25) is 6.41 Å². The van der Waals surface area contributed by atoms with Crippen molar-refractivity contribution in [1.82, 2.24) is 9.88 Å². The van der Waals surface area contributed by atoms with E-state index in [0.717, 1.165) is 66.9 Å². The van der Waals surface area contributed by atoms with E-state index in [-0.39, 0.29) is 5.82 Å². The summed E-state index contributed by atoms with van der Waals surface area (Å²) in [4.78, 5) is 19.3. The lowest BCUT2D eigenvalue weighted by Crippen LogP contribution is -2.34. The number of halogens is 1. The van der Waals surface area contributed by atoms with Crippen LogP contribution in [-0.4, -0.2) is 35.9 Å². The Bertz CT molecular complexity index is 1240. The molecule has 1 aliphatic rings. The number of benzene rings is 2. The topological polar surface area (TPSA) is 39.3 Å². The van der Waals surface area contributed by atoms with E-state index in [9.17, 15) is 9.18 Å². The van der Waals surface area contributed by atoms with Crippen LogP contribution in [0.25, 0.3) is 10.9 Å². The molecule has 0 bridgehead atoms. The first kappa shape index (κ1) is 21.9. The molecule has 1 amide bonds. The van der Waals surface area contributed by atoms with Gasteiger partial charge in [-0.05, 0) is 110 Å². The molecule has 2 aromatic carbocycles. The van der Waals surface area contributed by atoms with E-state index >= 15 is 0 Å². The normalized spacial score (nSPS) is 15.2. The van der Waals surface area contributed by atoms with Crippen LogP contribution in [0.15, 0.2) is 60.1 Å². The van der Waals surface area contributed by atoms with E-state index in [1.165, 1.54) is 22.8 Å². The van der Waals surface area contributed by atoms with Gasteiger partial charge in [0.05, 0.1) is 0 Å². The maximum absolute atomic E-state index is 13.8. The molecule has 0 unspecified atom stereocenters. The molecular weight excluding hydrogens is 433 g/mol. The minimum absolute atomic E-state index is 0.175. The Morgan fingerprint density at radius 3 is 2.79 bits per heavy atom. The second kappa shape index (κ2) is 9.49. The largest absolute Gasteiger partial charge is 0.361 e. The number of rotatable bonds is 7. The van der Waals surface area contributed by atoms with Gasteiger partial charge in [0.25, 0.3) is 0 Å². The molecule has 5 rings (SSSR count). The first-order chi connectivity index (χ1) is 16.1. The Balaban J connectivity index is 1.22. The fourth-order valence-electron chi connectivity index (χ4n) is 4.92. The van der Waals surface area contributed by atoms with E-state index in [0.29, 0.717) is 5.92 Å². The molecule has 170 valence electrons. The Morgan fingerprint density at radius 1 is 1.18 bits per heavy atom. The van der Waals surface area contributed by atoms with Gasteiger partial charge in [-0.3, -0.25) is 9.69 Å². The Hall–Kier alpha value is -2.96. The number of anilines is 2. The van der Waals surface area contributed by atoms with Gasteiger partial charge < -0.3 is 9.88 Å². The van der Waals surface area contributed by atoms with E-state index in [1.54, 1.807) is 22.3 Å². The van der Waals surface area contributed by atoms with Crippen LogP contribution in [0, 0.1) is 12.7 Å². The van der Waals surface area contributed by atoms with Crippen molar-refractivity contribution in [3.8, 4) is 0 Å². The summed E-state index contributed by atoms with van der Waals surface area (Å²) in [5, 5.41) is 3.93. The fraction of sp³-hybridized carbons (Fsp3) is 0.296. The van der Waals surface area contributed by atoms with Crippen molar-refractivity contribution < 1.29 is 9.18 Å². The molecule has 6 heteroatoms. The van der Waals surface area contributed by atoms with Gasteiger partial charge in [-0.15, -0.1) is 11.3 Å². The summed E-state index contributed by atoms with van der Waals surface area (Å²) in [5.41, 5.74) is 5.71. The minimum atomic E-state index is -0.175. The Morgan fingerprint density at radius 2 is 2.03 bits per heavy atom. The number of nitrogens with zero attached hydrogens (tertiary/aromatic N) is 2. The molecule has 0 spiro atoms. The quantitative estimate of drug-likeness (QED) is 0.324. The molecule has 0 saturated carbocycles. The molecule has 0 radical (unpaired) electrons. The van der Waals surface area contributed by atoms with Gasteiger partial charge in [0, 0.05) is 29.3 Å². The molecular formula is C27H28FN3OS. The van der Waals surface area contributed by atoms with Crippen LogP contribution in [0.5, 0.6) is 0 Å². The van der Waals surface area contributed by atoms with Crippen molar-refractivity contribution in [3.63, 3.8) is 0 Å². The van der Waals surface area contributed by atoms with Crippen molar-refractivity contribution >= 4 is 39.3 Å². The van der Waals surface area contributed by atoms with Gasteiger partial charge in [-0.2, -0.15) is 0 Å². The maximum atomic E-state index is 13.8. The summed E-state index contributed by atoms with van der Waals surface area (Å²) in [5.74, 6) is 0.291. The van der Waals surface area contributed by atoms with Crippen LogP contribution in [0.1, 0.15) is 35.4 Å². The first-order valence-corrected chi connectivity index (χ1v) is 12.4. The lowest BCUT2D eigenvalue weighted by atomic mass is 9.89. The third kappa shape index (κ3) is 4.59. The van der Waals surface area contributed by atoms with Crippen LogP contribution < -0.4 is 4.90 Å². The van der Waals surface area contributed by atoms with Gasteiger partial charge in [0.1, 0.15) is 10.8 Å². The number of thiophene rings is 1. The zero-order valence-corrected chi connectivity index (χ0v) is 19.6. The summed E-state index contributed by atoms with van der Waals surface area (Å²) < 4.78 is 13.8. The van der Waals surface area contributed by atoms with Gasteiger partial charge >= 0.3 is 0 Å². The molecule has 1 saturated heterocycles. The lowest BCUT2D eigenvalue weighted by Gasteiger charge is -2.32. The van der Waals surface area contributed by atoms with Crippen LogP contribution in [-0.2, 0) is 11.2 Å². The zero-order chi connectivity index (χ0) is 22.8. The monoisotopic (exact) mass is 461 g/mol. The number of piperidine rings is 1. The zero-order valence-electron chi connectivity index (χ0n) is 18.8. The average molecular weight is 462 g/mol. The highest BCUT2D eigenvalue weighted by atomic mass is 32.1. The van der Waals surface area contributed by atoms with E-state index in [4.69, 9.17) is 0 Å². The number of fused-ring (bicyclic) bond motifs is 1. The highest BCUT2D eigenvalue weighted by Gasteiger charge is 2.23. The standard InChI is InChI=1S/C27H28FN3OS/c1-19-4-6-23(31(18-32)27-3-2-14-33-27)15-21(19)10-13-30-11-8-20(9-12-30)25-17-29-26-7-5-22(28)16-24(25)26/h2-7,14-18,20,29H,8-13H2,1H3. The molecule has 33 heavy (non-hydrogen) atoms. The number of aromatic nitrogens is 1. The Labute approximate surface area is 197 Å². The summed E-state index contributed by atoms with van der Waals surface area (Å²) >= 11 is 1.56. The summed E-state index contributed by atoms with van der Waals surface area (Å²) in [7, 11) is 0. The lowest BCUT2D eigenvalue weighted by molar-refractivity contribution is -0.106. The highest BCUT2D eigenvalue weighted by molar-refractivity contribution is 7.14. The molecule has 4 nitrogen and oxygen atoms in total. The van der Waals surface area contributed by atoms with E-state index < -0.39 is 0 Å². The summed E-state index contributed by atoms with van der Waals surface area (Å²) in [6, 6.07) is 15.2. The number of H-pyrrole nitrogens is 1. The second-order valence-corrected chi connectivity index (χ2v) is 9.76. The molecule has 2 aromatic heterocycles. The predicted octanol–water partition coefficient (Wildman–Crippen LogP) is 6.39. The number of hydrogen-bond donors (Lipinski definition) is 1. The van der Waals surface area contributed by atoms with Crippen LogP contribution in [0.3, 0.4) is 0 Å². The number of carbonyl (C=O) groups is 1. The summed E-state index contributed by atoms with van der Waals surface area (Å²) in [6.07, 6.45) is 6.08. The van der Waals surface area contributed by atoms with Crippen molar-refractivity contribution in [1.29, 1.82) is 0 Å². The van der Waals surface area contributed by atoms with Gasteiger partial charge in [0.15, 0.2) is 0 Å². The number of nitrogens with one attached hydrogen (secondary N) is 1. The van der Waals surface area contributed by atoms with Crippen molar-refractivity contribution in [2.45, 2.75) is 32.1 Å². The van der Waals surface area contributed by atoms with E-state index in [2.05, 4.69) is 35.1 Å². The highest BCUT2D eigenvalue weighted by Crippen LogP contribution is 2.34. The third-order valence-electron chi connectivity index (χ3n) is 6.86. The number of likely N-dealkylation sites (tertiary alicyclic amines) is 1. The van der Waals surface area contributed by atoms with E-state index in [1.807, 2.05) is 29.6 Å². The second-order valence-electron chi connectivity index (χ2n) is 8.84. The molecule has 4 aromatic rings. The smallest absolute Gasteiger partial charge is 0.219 e. The number of amides is 1. The van der Waals surface area contributed by atoms with Gasteiger partial charge in [-0.1, -0.05) is 6.07 Å². The maximum Gasteiger partial charge on any atom is 0.219 e. The molecule has 3 heterocycles. The molecule has 1 N–H and O–H groups in total. The van der Waals surface area contributed by atoms with Gasteiger partial charge in [-0.25, -0.2) is 4.39 Å². The van der Waals surface area contributed by atoms with Crippen LogP contribution in [0.4, 0.5) is 15.1 Å². The number of carbonyl (C=O) groups excluding carboxylic acids is 1. The SMILES string of the molecule is Cc1ccc(N(C=O)c2cccs2)cc1CCN1CCC(c2c[nH]c3ccc(F)cc23)CC1. The fourth-order valence-corrected chi connectivity index (χ4v) is 5.64. The van der Waals surface area contributed by atoms with Crippen molar-refractivity contribution in [2.24, 2.45) is 0 Å². The Kier molecular flexibility index (Phi) is 6.29. The van der Waals surface area contributed by atoms with Crippen molar-refractivity contribution in [2.75, 3.05) is 24.5 Å². The van der Waals surface area contributed by atoms with Crippen LogP contribution >= 0.6 is 11.3 Å².